The Morgan fingerprint density at radius 3 is 2.59 bits per heavy atom. The van der Waals surface area contributed by atoms with Crippen molar-refractivity contribution in [2.75, 3.05) is 23.7 Å². The molecule has 0 bridgehead atoms. The van der Waals surface area contributed by atoms with Gasteiger partial charge in [-0.15, -0.1) is 11.8 Å². The fourth-order valence-electron chi connectivity index (χ4n) is 4.50. The van der Waals surface area contributed by atoms with Crippen molar-refractivity contribution in [2.45, 2.75) is 43.8 Å². The fourth-order valence-corrected chi connectivity index (χ4v) is 5.61. The number of carbonyl (C=O) groups is 3. The average molecular weight is 452 g/mol. The summed E-state index contributed by atoms with van der Waals surface area (Å²) in [7, 11) is 0. The Bertz CT molecular complexity index is 1040. The number of anilines is 2. The molecule has 0 aromatic heterocycles. The van der Waals surface area contributed by atoms with Crippen LogP contribution in [0.4, 0.5) is 11.4 Å². The van der Waals surface area contributed by atoms with Gasteiger partial charge in [0.2, 0.25) is 11.8 Å². The lowest BCUT2D eigenvalue weighted by Gasteiger charge is -2.35. The van der Waals surface area contributed by atoms with Crippen molar-refractivity contribution in [3.8, 4) is 0 Å². The van der Waals surface area contributed by atoms with E-state index in [1.165, 1.54) is 11.8 Å². The molecule has 2 aliphatic rings. The second kappa shape index (κ2) is 9.36. The summed E-state index contributed by atoms with van der Waals surface area (Å²) in [5.41, 5.74) is 2.84. The van der Waals surface area contributed by atoms with Crippen LogP contribution in [0, 0.1) is 18.8 Å². The summed E-state index contributed by atoms with van der Waals surface area (Å²) in [6.45, 7) is 7.76. The standard InChI is InChI=1S/C25H29N3O3S/c1-15-10-16(2)14-28(13-15)25(31)18-9-8-17(3)20(11-18)26-23(29)12-22-24(30)27-19-6-4-5-7-21(19)32-22/h4-9,11,15-16,22H,10,12-14H2,1-3H3,(H,26,29)(H,27,30). The number of benzene rings is 2. The van der Waals surface area contributed by atoms with Crippen LogP contribution in [0.15, 0.2) is 47.4 Å². The number of carbonyl (C=O) groups excluding carboxylic acids is 3. The molecular formula is C25H29N3O3S. The number of hydrogen-bond acceptors (Lipinski definition) is 4. The van der Waals surface area contributed by atoms with Crippen molar-refractivity contribution < 1.29 is 14.4 Å². The SMILES string of the molecule is Cc1ccc(C(=O)N2CC(C)CC(C)C2)cc1NC(=O)CC1Sc2ccccc2NC1=O. The maximum atomic E-state index is 13.1. The molecule has 0 aliphatic carbocycles. The molecule has 1 fully saturated rings. The van der Waals surface area contributed by atoms with Crippen LogP contribution in [0.1, 0.15) is 42.6 Å². The largest absolute Gasteiger partial charge is 0.338 e. The van der Waals surface area contributed by atoms with E-state index in [9.17, 15) is 14.4 Å². The van der Waals surface area contributed by atoms with Gasteiger partial charge >= 0.3 is 0 Å². The van der Waals surface area contributed by atoms with Crippen molar-refractivity contribution in [1.29, 1.82) is 0 Å². The summed E-state index contributed by atoms with van der Waals surface area (Å²) in [4.78, 5) is 41.1. The van der Waals surface area contributed by atoms with Gasteiger partial charge in [-0.25, -0.2) is 0 Å². The predicted octanol–water partition coefficient (Wildman–Crippen LogP) is 4.55. The quantitative estimate of drug-likeness (QED) is 0.715. The molecule has 2 aromatic carbocycles. The number of thioether (sulfide) groups is 1. The highest BCUT2D eigenvalue weighted by atomic mass is 32.2. The Labute approximate surface area is 193 Å². The molecule has 3 unspecified atom stereocenters. The summed E-state index contributed by atoms with van der Waals surface area (Å²) in [5, 5.41) is 5.29. The van der Waals surface area contributed by atoms with Crippen molar-refractivity contribution in [3.63, 3.8) is 0 Å². The number of aryl methyl sites for hydroxylation is 1. The molecule has 32 heavy (non-hydrogen) atoms. The molecule has 7 heteroatoms. The number of likely N-dealkylation sites (tertiary alicyclic amines) is 1. The van der Waals surface area contributed by atoms with E-state index in [1.807, 2.05) is 48.2 Å². The lowest BCUT2D eigenvalue weighted by atomic mass is 9.91. The van der Waals surface area contributed by atoms with E-state index in [4.69, 9.17) is 0 Å². The van der Waals surface area contributed by atoms with Crippen molar-refractivity contribution in [2.24, 2.45) is 11.8 Å². The highest BCUT2D eigenvalue weighted by Gasteiger charge is 2.29. The minimum absolute atomic E-state index is 0.00211. The zero-order valence-corrected chi connectivity index (χ0v) is 19.5. The maximum Gasteiger partial charge on any atom is 0.253 e. The molecule has 2 heterocycles. The van der Waals surface area contributed by atoms with E-state index in [2.05, 4.69) is 24.5 Å². The second-order valence-electron chi connectivity index (χ2n) is 9.03. The smallest absolute Gasteiger partial charge is 0.253 e. The Hall–Kier alpha value is -2.80. The second-order valence-corrected chi connectivity index (χ2v) is 10.3. The number of amides is 3. The molecule has 6 nitrogen and oxygen atoms in total. The van der Waals surface area contributed by atoms with Gasteiger partial charge < -0.3 is 15.5 Å². The third-order valence-electron chi connectivity index (χ3n) is 5.99. The van der Waals surface area contributed by atoms with Gasteiger partial charge in [0, 0.05) is 35.7 Å². The Balaban J connectivity index is 1.43. The number of rotatable bonds is 4. The minimum atomic E-state index is -0.494. The number of hydrogen-bond donors (Lipinski definition) is 2. The summed E-state index contributed by atoms with van der Waals surface area (Å²) in [6.07, 6.45) is 1.19. The van der Waals surface area contributed by atoms with E-state index in [-0.39, 0.29) is 24.1 Å². The van der Waals surface area contributed by atoms with Crippen LogP contribution in [0.3, 0.4) is 0 Å². The number of fused-ring (bicyclic) bond motifs is 1. The minimum Gasteiger partial charge on any atom is -0.338 e. The molecule has 0 saturated carbocycles. The number of piperidine rings is 1. The average Bonchev–Trinajstić information content (AvgIpc) is 2.74. The molecule has 0 radical (unpaired) electrons. The molecule has 2 N–H and O–H groups in total. The summed E-state index contributed by atoms with van der Waals surface area (Å²) < 4.78 is 0. The van der Waals surface area contributed by atoms with Crippen LogP contribution in [-0.4, -0.2) is 41.0 Å². The zero-order chi connectivity index (χ0) is 22.8. The number of para-hydroxylation sites is 1. The van der Waals surface area contributed by atoms with Gasteiger partial charge in [0.05, 0.1) is 10.9 Å². The molecule has 0 spiro atoms. The zero-order valence-electron chi connectivity index (χ0n) is 18.7. The molecule has 3 atom stereocenters. The maximum absolute atomic E-state index is 13.1. The molecule has 2 aliphatic heterocycles. The van der Waals surface area contributed by atoms with Crippen molar-refractivity contribution in [1.82, 2.24) is 4.90 Å². The van der Waals surface area contributed by atoms with Crippen LogP contribution in [0.5, 0.6) is 0 Å². The summed E-state index contributed by atoms with van der Waals surface area (Å²) in [5.74, 6) is 0.550. The van der Waals surface area contributed by atoms with Crippen LogP contribution in [0.2, 0.25) is 0 Å². The highest BCUT2D eigenvalue weighted by molar-refractivity contribution is 8.01. The third-order valence-corrected chi connectivity index (χ3v) is 7.27. The molecule has 2 aromatic rings. The highest BCUT2D eigenvalue weighted by Crippen LogP contribution is 2.36. The monoisotopic (exact) mass is 451 g/mol. The van der Waals surface area contributed by atoms with Gasteiger partial charge in [-0.05, 0) is 55.0 Å². The summed E-state index contributed by atoms with van der Waals surface area (Å²) in [6, 6.07) is 13.0. The molecular weight excluding hydrogens is 422 g/mol. The first-order valence-corrected chi connectivity index (χ1v) is 11.9. The van der Waals surface area contributed by atoms with Crippen molar-refractivity contribution >= 4 is 40.9 Å². The van der Waals surface area contributed by atoms with Gasteiger partial charge in [-0.3, -0.25) is 14.4 Å². The van der Waals surface area contributed by atoms with Crippen LogP contribution in [-0.2, 0) is 9.59 Å². The van der Waals surface area contributed by atoms with E-state index < -0.39 is 5.25 Å². The first-order chi connectivity index (χ1) is 15.3. The van der Waals surface area contributed by atoms with E-state index in [0.717, 1.165) is 35.7 Å². The van der Waals surface area contributed by atoms with Gasteiger partial charge in [-0.2, -0.15) is 0 Å². The topological polar surface area (TPSA) is 78.5 Å². The van der Waals surface area contributed by atoms with Crippen LogP contribution >= 0.6 is 11.8 Å². The third kappa shape index (κ3) is 4.99. The van der Waals surface area contributed by atoms with Crippen molar-refractivity contribution in [3.05, 3.63) is 53.6 Å². The molecule has 4 rings (SSSR count). The normalized spacial score (nSPS) is 22.7. The molecule has 168 valence electrons. The van der Waals surface area contributed by atoms with Gasteiger partial charge in [-0.1, -0.05) is 32.0 Å². The van der Waals surface area contributed by atoms with Gasteiger partial charge in [0.15, 0.2) is 0 Å². The Morgan fingerprint density at radius 2 is 1.84 bits per heavy atom. The first kappa shape index (κ1) is 22.4. The van der Waals surface area contributed by atoms with E-state index in [1.54, 1.807) is 6.07 Å². The number of nitrogens with zero attached hydrogens (tertiary/aromatic N) is 1. The Kier molecular flexibility index (Phi) is 6.55. The van der Waals surface area contributed by atoms with E-state index in [0.29, 0.717) is 23.1 Å². The number of nitrogens with one attached hydrogen (secondary N) is 2. The first-order valence-electron chi connectivity index (χ1n) is 11.1. The molecule has 1 saturated heterocycles. The Morgan fingerprint density at radius 1 is 1.12 bits per heavy atom. The lowest BCUT2D eigenvalue weighted by Crippen LogP contribution is -2.42. The van der Waals surface area contributed by atoms with E-state index >= 15 is 0 Å². The lowest BCUT2D eigenvalue weighted by molar-refractivity contribution is -0.120. The molecule has 3 amide bonds. The fraction of sp³-hybridized carbons (Fsp3) is 0.400. The summed E-state index contributed by atoms with van der Waals surface area (Å²) >= 11 is 1.40. The van der Waals surface area contributed by atoms with Crippen LogP contribution < -0.4 is 10.6 Å². The van der Waals surface area contributed by atoms with Gasteiger partial charge in [0.1, 0.15) is 0 Å². The van der Waals surface area contributed by atoms with Crippen LogP contribution in [0.25, 0.3) is 0 Å². The predicted molar refractivity (Wildman–Crippen MR) is 128 cm³/mol. The van der Waals surface area contributed by atoms with Gasteiger partial charge in [0.25, 0.3) is 5.91 Å².